The number of nitrogens with zero attached hydrogens (tertiary/aromatic N) is 1. The molecule has 0 saturated carbocycles. The molecule has 0 unspecified atom stereocenters. The molecule has 7 nitrogen and oxygen atoms in total. The lowest BCUT2D eigenvalue weighted by Crippen LogP contribution is -2.35. The Bertz CT molecular complexity index is 1470. The highest BCUT2D eigenvalue weighted by atomic mass is 16.5. The number of amides is 1. The molecule has 7 heteroatoms. The predicted octanol–water partition coefficient (Wildman–Crippen LogP) is 6.89. The van der Waals surface area contributed by atoms with E-state index in [1.54, 1.807) is 7.11 Å². The molecule has 1 saturated heterocycles. The van der Waals surface area contributed by atoms with Crippen molar-refractivity contribution in [3.05, 3.63) is 87.5 Å². The number of carbonyl (C=O) groups excluding carboxylic acids is 1. The van der Waals surface area contributed by atoms with Crippen molar-refractivity contribution >= 4 is 17.6 Å². The van der Waals surface area contributed by atoms with Crippen LogP contribution in [0.15, 0.2) is 48.5 Å². The largest absolute Gasteiger partial charge is 0.493 e. The van der Waals surface area contributed by atoms with Crippen molar-refractivity contribution in [2.75, 3.05) is 32.1 Å². The van der Waals surface area contributed by atoms with Crippen LogP contribution in [0, 0.1) is 12.8 Å². The second-order valence-corrected chi connectivity index (χ2v) is 12.2. The second-order valence-electron chi connectivity index (χ2n) is 12.2. The number of fused-ring (bicyclic) bond motifs is 1. The molecule has 234 valence electrons. The Kier molecular flexibility index (Phi) is 9.94. The molecule has 1 amide bonds. The van der Waals surface area contributed by atoms with Crippen molar-refractivity contribution in [1.29, 1.82) is 0 Å². The number of rotatable bonds is 12. The lowest BCUT2D eigenvalue weighted by molar-refractivity contribution is -0.143. The van der Waals surface area contributed by atoms with Crippen molar-refractivity contribution in [2.24, 2.45) is 5.92 Å². The number of benzene rings is 3. The molecule has 2 N–H and O–H groups in total. The van der Waals surface area contributed by atoms with Gasteiger partial charge >= 0.3 is 5.97 Å². The molecule has 3 atom stereocenters. The number of carboxylic acids is 1. The minimum atomic E-state index is -0.867. The van der Waals surface area contributed by atoms with Crippen LogP contribution in [0.1, 0.15) is 84.5 Å². The van der Waals surface area contributed by atoms with Crippen LogP contribution in [-0.2, 0) is 35.3 Å². The van der Waals surface area contributed by atoms with Crippen molar-refractivity contribution in [1.82, 2.24) is 4.90 Å². The Labute approximate surface area is 261 Å². The van der Waals surface area contributed by atoms with E-state index in [4.69, 9.17) is 9.47 Å². The standard InChI is InChI=1S/C37H46N2O5/c1-6-9-10-24-11-13-27(14-12-24)35-33(37(41)42)30(29-19-28-15-16-44-36(28)31(20-29)43-5)21-39(35)22-32(40)38-34-25(7-2)17-23(4)18-26(34)8-3/h11-14,17-20,30,33,35H,6-10,15-16,21-22H2,1-5H3,(H,38,40)(H,41,42)/t30-,33-,35+/m1/s1. The first-order valence-electron chi connectivity index (χ1n) is 16.1. The van der Waals surface area contributed by atoms with E-state index < -0.39 is 17.9 Å². The van der Waals surface area contributed by atoms with E-state index in [0.29, 0.717) is 18.9 Å². The molecule has 2 aliphatic rings. The van der Waals surface area contributed by atoms with Gasteiger partial charge in [-0.2, -0.15) is 0 Å². The van der Waals surface area contributed by atoms with Gasteiger partial charge in [0.2, 0.25) is 5.91 Å². The van der Waals surface area contributed by atoms with Crippen LogP contribution >= 0.6 is 0 Å². The van der Waals surface area contributed by atoms with Crippen molar-refractivity contribution in [3.63, 3.8) is 0 Å². The van der Waals surface area contributed by atoms with Crippen molar-refractivity contribution in [2.45, 2.75) is 78.2 Å². The summed E-state index contributed by atoms with van der Waals surface area (Å²) in [6, 6.07) is 16.1. The van der Waals surface area contributed by atoms with E-state index in [1.807, 2.05) is 6.07 Å². The molecule has 0 aromatic heterocycles. The fraction of sp³-hybridized carbons (Fsp3) is 0.459. The zero-order valence-corrected chi connectivity index (χ0v) is 26.7. The van der Waals surface area contributed by atoms with Gasteiger partial charge in [0.15, 0.2) is 11.5 Å². The van der Waals surface area contributed by atoms with Crippen molar-refractivity contribution < 1.29 is 24.2 Å². The number of likely N-dealkylation sites (tertiary alicyclic amines) is 1. The van der Waals surface area contributed by atoms with Gasteiger partial charge in [-0.15, -0.1) is 0 Å². The van der Waals surface area contributed by atoms with Gasteiger partial charge in [0.25, 0.3) is 0 Å². The van der Waals surface area contributed by atoms with E-state index in [-0.39, 0.29) is 18.4 Å². The Morgan fingerprint density at radius 1 is 1.02 bits per heavy atom. The van der Waals surface area contributed by atoms with Gasteiger partial charge in [-0.25, -0.2) is 0 Å². The molecule has 0 aliphatic carbocycles. The lowest BCUT2D eigenvalue weighted by atomic mass is 9.82. The number of aliphatic carboxylic acids is 1. The van der Waals surface area contributed by atoms with E-state index in [9.17, 15) is 14.7 Å². The van der Waals surface area contributed by atoms with E-state index in [0.717, 1.165) is 77.8 Å². The Hall–Kier alpha value is -3.84. The SMILES string of the molecule is CCCCc1ccc([C@H]2[C@H](C(=O)O)[C@@H](c3cc4c(c(OC)c3)OCC4)CN2CC(=O)Nc2c(CC)cc(C)cc2CC)cc1. The smallest absolute Gasteiger partial charge is 0.309 e. The number of unbranched alkanes of at least 4 members (excludes halogenated alkanes) is 1. The average Bonchev–Trinajstić information content (AvgIpc) is 3.65. The maximum atomic E-state index is 13.8. The zero-order valence-electron chi connectivity index (χ0n) is 26.7. The highest BCUT2D eigenvalue weighted by Crippen LogP contribution is 2.48. The number of nitrogens with one attached hydrogen (secondary N) is 1. The van der Waals surface area contributed by atoms with E-state index in [2.05, 4.69) is 80.4 Å². The lowest BCUT2D eigenvalue weighted by Gasteiger charge is -2.27. The molecule has 3 aromatic carbocycles. The highest BCUT2D eigenvalue weighted by molar-refractivity contribution is 5.94. The number of hydrogen-bond acceptors (Lipinski definition) is 5. The van der Waals surface area contributed by atoms with Crippen LogP contribution in [0.5, 0.6) is 11.5 Å². The van der Waals surface area contributed by atoms with Gasteiger partial charge in [0.05, 0.1) is 26.2 Å². The molecule has 1 fully saturated rings. The first kappa shape index (κ1) is 31.6. The second kappa shape index (κ2) is 13.9. The normalized spacial score (nSPS) is 19.4. The average molecular weight is 599 g/mol. The molecule has 0 spiro atoms. The number of carbonyl (C=O) groups is 2. The number of ether oxygens (including phenoxy) is 2. The predicted molar refractivity (Wildman–Crippen MR) is 174 cm³/mol. The Balaban J connectivity index is 1.51. The summed E-state index contributed by atoms with van der Waals surface area (Å²) in [6.07, 6.45) is 5.60. The fourth-order valence-electron chi connectivity index (χ4n) is 7.08. The third-order valence-corrected chi connectivity index (χ3v) is 9.26. The van der Waals surface area contributed by atoms with Crippen molar-refractivity contribution in [3.8, 4) is 11.5 Å². The maximum absolute atomic E-state index is 13.8. The van der Waals surface area contributed by atoms with Crippen LogP contribution < -0.4 is 14.8 Å². The van der Waals surface area contributed by atoms with E-state index >= 15 is 0 Å². The fourth-order valence-corrected chi connectivity index (χ4v) is 7.08. The number of hydrogen-bond donors (Lipinski definition) is 2. The van der Waals surface area contributed by atoms with Gasteiger partial charge in [-0.1, -0.05) is 75.2 Å². The van der Waals surface area contributed by atoms with Crippen LogP contribution in [0.4, 0.5) is 5.69 Å². The monoisotopic (exact) mass is 598 g/mol. The molecular weight excluding hydrogens is 552 g/mol. The minimum absolute atomic E-state index is 0.0912. The zero-order chi connectivity index (χ0) is 31.4. The molecule has 5 rings (SSSR count). The topological polar surface area (TPSA) is 88.1 Å². The molecular formula is C37H46N2O5. The summed E-state index contributed by atoms with van der Waals surface area (Å²) in [5, 5.41) is 14.0. The van der Waals surface area contributed by atoms with Gasteiger partial charge < -0.3 is 19.9 Å². The maximum Gasteiger partial charge on any atom is 0.309 e. The Morgan fingerprint density at radius 2 is 1.73 bits per heavy atom. The van der Waals surface area contributed by atoms with Gasteiger partial charge in [-0.3, -0.25) is 14.5 Å². The van der Waals surface area contributed by atoms with Gasteiger partial charge in [-0.05, 0) is 66.5 Å². The molecule has 0 radical (unpaired) electrons. The molecule has 3 aromatic rings. The number of anilines is 1. The first-order valence-corrected chi connectivity index (χ1v) is 16.1. The van der Waals surface area contributed by atoms with Gasteiger partial charge in [0.1, 0.15) is 0 Å². The third kappa shape index (κ3) is 6.48. The summed E-state index contributed by atoms with van der Waals surface area (Å²) >= 11 is 0. The summed E-state index contributed by atoms with van der Waals surface area (Å²) in [7, 11) is 1.62. The minimum Gasteiger partial charge on any atom is -0.493 e. The summed E-state index contributed by atoms with van der Waals surface area (Å²) in [5.74, 6) is -0.701. The first-order chi connectivity index (χ1) is 21.3. The van der Waals surface area contributed by atoms with Crippen LogP contribution in [-0.4, -0.2) is 48.7 Å². The summed E-state index contributed by atoms with van der Waals surface area (Å²) in [6.45, 7) is 9.57. The summed E-state index contributed by atoms with van der Waals surface area (Å²) in [4.78, 5) is 28.9. The molecule has 44 heavy (non-hydrogen) atoms. The van der Waals surface area contributed by atoms with Crippen LogP contribution in [0.25, 0.3) is 0 Å². The number of carboxylic acid groups (broad SMARTS) is 1. The number of methoxy groups -OCH3 is 1. The van der Waals surface area contributed by atoms with Gasteiger partial charge in [0, 0.05) is 36.2 Å². The Morgan fingerprint density at radius 3 is 2.34 bits per heavy atom. The molecule has 2 aliphatic heterocycles. The van der Waals surface area contributed by atoms with E-state index in [1.165, 1.54) is 11.1 Å². The summed E-state index contributed by atoms with van der Waals surface area (Å²) in [5.41, 5.74) is 8.40. The highest BCUT2D eigenvalue weighted by Gasteiger charge is 2.48. The number of aryl methyl sites for hydroxylation is 4. The third-order valence-electron chi connectivity index (χ3n) is 9.26. The summed E-state index contributed by atoms with van der Waals surface area (Å²) < 4.78 is 11.5. The van der Waals surface area contributed by atoms with Crippen LogP contribution in [0.2, 0.25) is 0 Å². The molecule has 2 heterocycles. The molecule has 0 bridgehead atoms. The van der Waals surface area contributed by atoms with Crippen LogP contribution in [0.3, 0.4) is 0 Å². The quantitative estimate of drug-likeness (QED) is 0.236.